The molecule has 1 atom stereocenters. The summed E-state index contributed by atoms with van der Waals surface area (Å²) in [6.07, 6.45) is 1.52. The minimum Gasteiger partial charge on any atom is -0.480 e. The number of carbonyl (C=O) groups excluding carboxylic acids is 1. The van der Waals surface area contributed by atoms with Gasteiger partial charge in [0.15, 0.2) is 0 Å². The minimum atomic E-state index is -1.08. The van der Waals surface area contributed by atoms with Crippen molar-refractivity contribution in [3.63, 3.8) is 0 Å². The summed E-state index contributed by atoms with van der Waals surface area (Å²) in [4.78, 5) is 25.8. The number of carboxylic acid groups (broad SMARTS) is 1. The van der Waals surface area contributed by atoms with Gasteiger partial charge in [-0.05, 0) is 6.92 Å². The maximum atomic E-state index is 11.2. The van der Waals surface area contributed by atoms with Gasteiger partial charge in [0, 0.05) is 0 Å². The number of oxime groups is 1. The second kappa shape index (κ2) is 4.05. The van der Waals surface area contributed by atoms with E-state index >= 15 is 0 Å². The van der Waals surface area contributed by atoms with E-state index in [2.05, 4.69) is 20.9 Å². The number of nitrogens with zero attached hydrogens (tertiary/aromatic N) is 1. The van der Waals surface area contributed by atoms with Crippen LogP contribution in [0, 0.1) is 0 Å². The van der Waals surface area contributed by atoms with Crippen molar-refractivity contribution in [2.24, 2.45) is 5.16 Å². The molecule has 0 bridgehead atoms. The van der Waals surface area contributed by atoms with Crippen molar-refractivity contribution in [2.45, 2.75) is 18.9 Å². The number of amides is 1. The fraction of sp³-hybridized carbons (Fsp3) is 0.571. The summed E-state index contributed by atoms with van der Waals surface area (Å²) < 4.78 is 0. The molecule has 0 radical (unpaired) electrons. The lowest BCUT2D eigenvalue weighted by atomic mass is 10.0. The van der Waals surface area contributed by atoms with Crippen LogP contribution in [-0.4, -0.2) is 35.3 Å². The van der Waals surface area contributed by atoms with E-state index < -0.39 is 11.5 Å². The maximum Gasteiger partial charge on any atom is 0.322 e. The molecule has 0 aliphatic carbocycles. The molecular weight excluding hydrogens is 190 g/mol. The minimum absolute atomic E-state index is 0.0732. The molecule has 1 heterocycles. The number of carboxylic acids is 1. The monoisotopic (exact) mass is 201 g/mol. The molecule has 1 aliphatic rings. The van der Waals surface area contributed by atoms with Gasteiger partial charge in [-0.3, -0.25) is 14.5 Å². The average molecular weight is 201 g/mol. The lowest BCUT2D eigenvalue weighted by Gasteiger charge is -2.17. The number of nitrogens with one attached hydrogen (secondary N) is 2. The molecule has 0 fully saturated rings. The predicted molar refractivity (Wildman–Crippen MR) is 46.4 cm³/mol. The largest absolute Gasteiger partial charge is 0.480 e. The molecule has 3 N–H and O–H groups in total. The van der Waals surface area contributed by atoms with Crippen molar-refractivity contribution in [3.05, 3.63) is 0 Å². The predicted octanol–water partition coefficient (Wildman–Crippen LogP) is -1.14. The third-order valence-electron chi connectivity index (χ3n) is 1.63. The molecule has 0 saturated heterocycles. The fourth-order valence-electron chi connectivity index (χ4n) is 0.952. The quantitative estimate of drug-likeness (QED) is 0.533. The third kappa shape index (κ3) is 3.02. The molecule has 14 heavy (non-hydrogen) atoms. The highest BCUT2D eigenvalue weighted by atomic mass is 16.8. The molecule has 0 saturated carbocycles. The first-order chi connectivity index (χ1) is 6.52. The normalized spacial score (nSPS) is 24.4. The van der Waals surface area contributed by atoms with Crippen LogP contribution in [0.4, 0.5) is 0 Å². The number of hydrogen-bond acceptors (Lipinski definition) is 5. The molecule has 7 nitrogen and oxygen atoms in total. The summed E-state index contributed by atoms with van der Waals surface area (Å²) in [5.74, 6) is -1.45. The molecule has 78 valence electrons. The number of carbonyl (C=O) groups is 2. The van der Waals surface area contributed by atoms with Gasteiger partial charge >= 0.3 is 5.97 Å². The van der Waals surface area contributed by atoms with Crippen molar-refractivity contribution in [3.8, 4) is 0 Å². The number of rotatable bonds is 4. The molecule has 0 aromatic rings. The first-order valence-electron chi connectivity index (χ1n) is 3.98. The Balaban J connectivity index is 2.33. The standard InChI is InChI=1S/C7H11N3O4/c1-7(4-9-14-10-7)2-5(11)8-3-6(12)13/h4,10H,2-3H2,1H3,(H,8,11)(H,12,13). The van der Waals surface area contributed by atoms with Crippen LogP contribution in [0.2, 0.25) is 0 Å². The van der Waals surface area contributed by atoms with E-state index in [0.29, 0.717) is 0 Å². The van der Waals surface area contributed by atoms with Crippen LogP contribution in [0.1, 0.15) is 13.3 Å². The summed E-state index contributed by atoms with van der Waals surface area (Å²) in [6, 6.07) is 0. The Morgan fingerprint density at radius 3 is 2.93 bits per heavy atom. The van der Waals surface area contributed by atoms with Gasteiger partial charge in [-0.15, -0.1) is 5.48 Å². The van der Waals surface area contributed by atoms with Gasteiger partial charge in [-0.25, -0.2) is 0 Å². The van der Waals surface area contributed by atoms with Crippen LogP contribution in [0.25, 0.3) is 0 Å². The lowest BCUT2D eigenvalue weighted by molar-refractivity contribution is -0.138. The fourth-order valence-corrected chi connectivity index (χ4v) is 0.952. The molecule has 1 unspecified atom stereocenters. The van der Waals surface area contributed by atoms with Crippen molar-refractivity contribution >= 4 is 18.1 Å². The molecular formula is C7H11N3O4. The van der Waals surface area contributed by atoms with Gasteiger partial charge in [0.25, 0.3) is 0 Å². The first-order valence-corrected chi connectivity index (χ1v) is 3.98. The number of aliphatic carboxylic acids is 1. The average Bonchev–Trinajstić information content (AvgIpc) is 2.48. The molecule has 0 aromatic carbocycles. The molecule has 1 aliphatic heterocycles. The Hall–Kier alpha value is -1.63. The van der Waals surface area contributed by atoms with E-state index in [1.54, 1.807) is 6.92 Å². The smallest absolute Gasteiger partial charge is 0.322 e. The summed E-state index contributed by atoms with van der Waals surface area (Å²) in [5.41, 5.74) is 1.86. The Kier molecular flexibility index (Phi) is 3.03. The second-order valence-corrected chi connectivity index (χ2v) is 3.19. The molecule has 0 spiro atoms. The zero-order valence-electron chi connectivity index (χ0n) is 7.61. The van der Waals surface area contributed by atoms with Crippen LogP contribution in [0.3, 0.4) is 0 Å². The van der Waals surface area contributed by atoms with Crippen molar-refractivity contribution in [2.75, 3.05) is 6.54 Å². The van der Waals surface area contributed by atoms with Crippen LogP contribution in [0.5, 0.6) is 0 Å². The van der Waals surface area contributed by atoms with Gasteiger partial charge in [-0.2, -0.15) is 0 Å². The molecule has 1 amide bonds. The Bertz CT molecular complexity index is 278. The van der Waals surface area contributed by atoms with E-state index in [-0.39, 0.29) is 18.9 Å². The third-order valence-corrected chi connectivity index (χ3v) is 1.63. The number of hydroxylamine groups is 1. The Morgan fingerprint density at radius 2 is 2.43 bits per heavy atom. The van der Waals surface area contributed by atoms with Crippen molar-refractivity contribution in [1.82, 2.24) is 10.8 Å². The van der Waals surface area contributed by atoms with E-state index in [9.17, 15) is 9.59 Å². The zero-order valence-corrected chi connectivity index (χ0v) is 7.61. The molecule has 1 rings (SSSR count). The summed E-state index contributed by atoms with van der Waals surface area (Å²) >= 11 is 0. The van der Waals surface area contributed by atoms with E-state index in [4.69, 9.17) is 5.11 Å². The van der Waals surface area contributed by atoms with Gasteiger partial charge in [0.2, 0.25) is 5.91 Å². The van der Waals surface area contributed by atoms with Crippen molar-refractivity contribution in [1.29, 1.82) is 0 Å². The second-order valence-electron chi connectivity index (χ2n) is 3.19. The van der Waals surface area contributed by atoms with Gasteiger partial charge in [-0.1, -0.05) is 5.16 Å². The van der Waals surface area contributed by atoms with Crippen molar-refractivity contribution < 1.29 is 19.6 Å². The first kappa shape index (κ1) is 10.5. The maximum absolute atomic E-state index is 11.2. The van der Waals surface area contributed by atoms with E-state index in [1.807, 2.05) is 0 Å². The van der Waals surface area contributed by atoms with Crippen LogP contribution in [-0.2, 0) is 14.5 Å². The molecule has 7 heteroatoms. The topological polar surface area (TPSA) is 100 Å². The van der Waals surface area contributed by atoms with Crippen LogP contribution < -0.4 is 10.8 Å². The summed E-state index contributed by atoms with van der Waals surface area (Å²) in [6.45, 7) is 1.33. The lowest BCUT2D eigenvalue weighted by Crippen LogP contribution is -2.44. The summed E-state index contributed by atoms with van der Waals surface area (Å²) in [7, 11) is 0. The molecule has 0 aromatic heterocycles. The van der Waals surface area contributed by atoms with Gasteiger partial charge in [0.1, 0.15) is 12.1 Å². The van der Waals surface area contributed by atoms with E-state index in [1.165, 1.54) is 6.21 Å². The Labute approximate surface area is 80.1 Å². The zero-order chi connectivity index (χ0) is 10.6. The summed E-state index contributed by atoms with van der Waals surface area (Å²) in [5, 5.41) is 14.0. The van der Waals surface area contributed by atoms with Gasteiger partial charge < -0.3 is 10.4 Å². The highest BCUT2D eigenvalue weighted by Gasteiger charge is 2.30. The number of hydrogen-bond donors (Lipinski definition) is 3. The Morgan fingerprint density at radius 1 is 1.71 bits per heavy atom. The highest BCUT2D eigenvalue weighted by molar-refractivity contribution is 5.86. The van der Waals surface area contributed by atoms with Crippen LogP contribution >= 0.6 is 0 Å². The van der Waals surface area contributed by atoms with Crippen LogP contribution in [0.15, 0.2) is 5.16 Å². The van der Waals surface area contributed by atoms with E-state index in [0.717, 1.165) is 0 Å². The SMILES string of the molecule is CC1(CC(=O)NCC(=O)O)C=NON1. The van der Waals surface area contributed by atoms with Gasteiger partial charge in [0.05, 0.1) is 12.6 Å². The highest BCUT2D eigenvalue weighted by Crippen LogP contribution is 2.10.